The Kier molecular flexibility index (Phi) is 11.4. The van der Waals surface area contributed by atoms with Gasteiger partial charge in [0.15, 0.2) is 0 Å². The predicted molar refractivity (Wildman–Crippen MR) is 176 cm³/mol. The molecule has 4 rings (SSSR count). The van der Waals surface area contributed by atoms with Gasteiger partial charge in [0.05, 0.1) is 20.6 Å². The lowest BCUT2D eigenvalue weighted by Gasteiger charge is -2.34. The third-order valence-electron chi connectivity index (χ3n) is 7.10. The van der Waals surface area contributed by atoms with E-state index in [0.717, 1.165) is 27.4 Å². The second-order valence-corrected chi connectivity index (χ2v) is 13.1. The summed E-state index contributed by atoms with van der Waals surface area (Å²) in [6.45, 7) is 3.76. The van der Waals surface area contributed by atoms with Crippen LogP contribution in [0.5, 0.6) is 0 Å². The van der Waals surface area contributed by atoms with Crippen molar-refractivity contribution < 1.29 is 18.0 Å². The first kappa shape index (κ1) is 33.1. The smallest absolute Gasteiger partial charge is 0.264 e. The summed E-state index contributed by atoms with van der Waals surface area (Å²) < 4.78 is 29.2. The number of amides is 2. The van der Waals surface area contributed by atoms with Gasteiger partial charge in [-0.25, -0.2) is 8.42 Å². The first-order valence-corrected chi connectivity index (χ1v) is 16.5. The average Bonchev–Trinajstić information content (AvgIpc) is 3.02. The molecule has 0 fully saturated rings. The van der Waals surface area contributed by atoms with Gasteiger partial charge >= 0.3 is 0 Å². The highest BCUT2D eigenvalue weighted by Gasteiger charge is 2.34. The van der Waals surface area contributed by atoms with E-state index in [1.807, 2.05) is 74.5 Å². The first-order chi connectivity index (χ1) is 21.1. The highest BCUT2D eigenvalue weighted by Crippen LogP contribution is 2.31. The third kappa shape index (κ3) is 8.40. The maximum atomic E-state index is 14.4. The fourth-order valence-electron chi connectivity index (χ4n) is 4.71. The van der Waals surface area contributed by atoms with Gasteiger partial charge in [-0.1, -0.05) is 108 Å². The van der Waals surface area contributed by atoms with Crippen molar-refractivity contribution in [2.75, 3.05) is 17.4 Å². The molecule has 0 spiro atoms. The second-order valence-electron chi connectivity index (χ2n) is 10.4. The molecule has 4 aromatic carbocycles. The Morgan fingerprint density at radius 2 is 1.43 bits per heavy atom. The van der Waals surface area contributed by atoms with Crippen LogP contribution in [0.3, 0.4) is 0 Å². The van der Waals surface area contributed by atoms with Crippen molar-refractivity contribution in [1.29, 1.82) is 0 Å². The molecule has 0 aliphatic carbocycles. The molecule has 0 saturated carbocycles. The van der Waals surface area contributed by atoms with E-state index < -0.39 is 28.5 Å². The Morgan fingerprint density at radius 1 is 0.818 bits per heavy atom. The van der Waals surface area contributed by atoms with Gasteiger partial charge in [0.2, 0.25) is 11.8 Å². The molecule has 44 heavy (non-hydrogen) atoms. The van der Waals surface area contributed by atoms with Gasteiger partial charge < -0.3 is 10.2 Å². The molecule has 0 saturated heterocycles. The van der Waals surface area contributed by atoms with Gasteiger partial charge in [-0.3, -0.25) is 13.9 Å². The molecule has 0 radical (unpaired) electrons. The van der Waals surface area contributed by atoms with E-state index in [4.69, 9.17) is 23.2 Å². The van der Waals surface area contributed by atoms with Crippen molar-refractivity contribution in [3.63, 3.8) is 0 Å². The zero-order valence-electron chi connectivity index (χ0n) is 24.6. The Bertz CT molecular complexity index is 1670. The number of carbonyl (C=O) groups is 2. The lowest BCUT2D eigenvalue weighted by atomic mass is 10.0. The van der Waals surface area contributed by atoms with E-state index in [1.165, 1.54) is 35.2 Å². The van der Waals surface area contributed by atoms with Crippen LogP contribution in [-0.4, -0.2) is 44.3 Å². The number of benzene rings is 4. The molecule has 7 nitrogen and oxygen atoms in total. The van der Waals surface area contributed by atoms with Gasteiger partial charge in [0.1, 0.15) is 12.6 Å². The Balaban J connectivity index is 1.80. The largest absolute Gasteiger partial charge is 0.354 e. The van der Waals surface area contributed by atoms with Gasteiger partial charge in [0, 0.05) is 19.5 Å². The highest BCUT2D eigenvalue weighted by molar-refractivity contribution is 7.92. The molecule has 1 N–H and O–H groups in total. The third-order valence-corrected chi connectivity index (χ3v) is 9.62. The molecule has 2 amide bonds. The second kappa shape index (κ2) is 15.2. The first-order valence-electron chi connectivity index (χ1n) is 14.3. The minimum absolute atomic E-state index is 0.0121. The standard InChI is InChI=1S/C34H35Cl2N3O4S/c1-3-20-37-34(41)32(21-26-10-6-4-7-11-26)38(23-27-12-8-5-9-13-27)33(40)24-39(28-16-19-30(35)31(36)22-28)44(42,43)29-17-14-25(2)15-18-29/h4-19,22,32H,3,20-21,23-24H2,1-2H3,(H,37,41)/t32-/m1/s1. The van der Waals surface area contributed by atoms with Crippen molar-refractivity contribution in [2.45, 2.75) is 44.2 Å². The molecule has 0 aliphatic rings. The molecule has 0 unspecified atom stereocenters. The van der Waals surface area contributed by atoms with Crippen molar-refractivity contribution in [2.24, 2.45) is 0 Å². The van der Waals surface area contributed by atoms with Crippen LogP contribution in [0, 0.1) is 6.92 Å². The maximum absolute atomic E-state index is 14.4. The number of nitrogens with one attached hydrogen (secondary N) is 1. The zero-order chi connectivity index (χ0) is 31.7. The monoisotopic (exact) mass is 651 g/mol. The minimum Gasteiger partial charge on any atom is -0.354 e. The fourth-order valence-corrected chi connectivity index (χ4v) is 6.40. The number of halogens is 2. The molecule has 1 atom stereocenters. The van der Waals surface area contributed by atoms with E-state index in [1.54, 1.807) is 12.1 Å². The predicted octanol–water partition coefficient (Wildman–Crippen LogP) is 6.66. The molecule has 230 valence electrons. The SMILES string of the molecule is CCCNC(=O)[C@@H](Cc1ccccc1)N(Cc1ccccc1)C(=O)CN(c1ccc(Cl)c(Cl)c1)S(=O)(=O)c1ccc(C)cc1. The summed E-state index contributed by atoms with van der Waals surface area (Å²) in [7, 11) is -4.24. The van der Waals surface area contributed by atoms with Crippen molar-refractivity contribution in [3.8, 4) is 0 Å². The topological polar surface area (TPSA) is 86.8 Å². The van der Waals surface area contributed by atoms with E-state index in [9.17, 15) is 18.0 Å². The van der Waals surface area contributed by atoms with E-state index in [0.29, 0.717) is 6.54 Å². The van der Waals surface area contributed by atoms with Crippen LogP contribution in [0.2, 0.25) is 10.0 Å². The summed E-state index contributed by atoms with van der Waals surface area (Å²) in [5.41, 5.74) is 2.72. The van der Waals surface area contributed by atoms with E-state index in [2.05, 4.69) is 5.32 Å². The Morgan fingerprint density at radius 3 is 2.02 bits per heavy atom. The summed E-state index contributed by atoms with van der Waals surface area (Å²) in [4.78, 5) is 29.5. The summed E-state index contributed by atoms with van der Waals surface area (Å²) in [5, 5.41) is 3.32. The number of hydrogen-bond donors (Lipinski definition) is 1. The highest BCUT2D eigenvalue weighted by atomic mass is 35.5. The van der Waals surface area contributed by atoms with E-state index >= 15 is 0 Å². The molecule has 0 bridgehead atoms. The quantitative estimate of drug-likeness (QED) is 0.175. The van der Waals surface area contributed by atoms with Crippen LogP contribution in [0.15, 0.2) is 108 Å². The van der Waals surface area contributed by atoms with Gasteiger partial charge in [0.25, 0.3) is 10.0 Å². The number of carbonyl (C=O) groups excluding carboxylic acids is 2. The van der Waals surface area contributed by atoms with Crippen molar-refractivity contribution in [1.82, 2.24) is 10.2 Å². The number of rotatable bonds is 13. The lowest BCUT2D eigenvalue weighted by molar-refractivity contribution is -0.140. The Labute approximate surface area is 269 Å². The number of hydrogen-bond acceptors (Lipinski definition) is 4. The van der Waals surface area contributed by atoms with Crippen molar-refractivity contribution >= 4 is 50.7 Å². The van der Waals surface area contributed by atoms with Crippen LogP contribution in [-0.2, 0) is 32.6 Å². The Hall–Kier alpha value is -3.85. The maximum Gasteiger partial charge on any atom is 0.264 e. The zero-order valence-corrected chi connectivity index (χ0v) is 26.9. The summed E-state index contributed by atoms with van der Waals surface area (Å²) >= 11 is 12.5. The number of sulfonamides is 1. The molecule has 0 aromatic heterocycles. The van der Waals surface area contributed by atoms with Crippen LogP contribution in [0.4, 0.5) is 5.69 Å². The van der Waals surface area contributed by atoms with Gasteiger partial charge in [-0.2, -0.15) is 0 Å². The van der Waals surface area contributed by atoms with Crippen LogP contribution >= 0.6 is 23.2 Å². The average molecular weight is 653 g/mol. The number of anilines is 1. The fraction of sp³-hybridized carbons (Fsp3) is 0.235. The molecule has 4 aromatic rings. The number of aryl methyl sites for hydroxylation is 1. The van der Waals surface area contributed by atoms with Gasteiger partial charge in [-0.15, -0.1) is 0 Å². The van der Waals surface area contributed by atoms with Crippen LogP contribution in [0.25, 0.3) is 0 Å². The minimum atomic E-state index is -4.24. The molecule has 0 heterocycles. The number of nitrogens with zero attached hydrogens (tertiary/aromatic N) is 2. The summed E-state index contributed by atoms with van der Waals surface area (Å²) in [6.07, 6.45) is 0.961. The summed E-state index contributed by atoms with van der Waals surface area (Å²) in [6, 6.07) is 28.6. The lowest BCUT2D eigenvalue weighted by Crippen LogP contribution is -2.53. The van der Waals surface area contributed by atoms with Gasteiger partial charge in [-0.05, 0) is 54.8 Å². The van der Waals surface area contributed by atoms with Crippen molar-refractivity contribution in [3.05, 3.63) is 130 Å². The molecular weight excluding hydrogens is 617 g/mol. The summed E-state index contributed by atoms with van der Waals surface area (Å²) in [5.74, 6) is -0.870. The normalized spacial score (nSPS) is 11.9. The molecular formula is C34H35Cl2N3O4S. The van der Waals surface area contributed by atoms with E-state index in [-0.39, 0.29) is 39.5 Å². The molecule has 0 aliphatic heterocycles. The molecule has 10 heteroatoms. The van der Waals surface area contributed by atoms with Crippen LogP contribution in [0.1, 0.15) is 30.0 Å². The van der Waals surface area contributed by atoms with Crippen LogP contribution < -0.4 is 9.62 Å².